The first-order valence-corrected chi connectivity index (χ1v) is 9.42. The Hall–Kier alpha value is -3.66. The van der Waals surface area contributed by atoms with Gasteiger partial charge in [-0.25, -0.2) is 9.07 Å². The minimum Gasteiger partial charge on any atom is -0.382 e. The largest absolute Gasteiger partial charge is 0.382 e. The van der Waals surface area contributed by atoms with Crippen molar-refractivity contribution >= 4 is 11.7 Å². The minimum atomic E-state index is -0.287. The lowest BCUT2D eigenvalue weighted by Gasteiger charge is -2.05. The van der Waals surface area contributed by atoms with Gasteiger partial charge in [0.05, 0.1) is 11.4 Å². The van der Waals surface area contributed by atoms with Gasteiger partial charge in [-0.15, -0.1) is 0 Å². The smallest absolute Gasteiger partial charge is 0.220 e. The van der Waals surface area contributed by atoms with E-state index in [2.05, 4.69) is 16.5 Å². The number of hydrogen-bond donors (Lipinski definition) is 2. The molecule has 0 bridgehead atoms. The summed E-state index contributed by atoms with van der Waals surface area (Å²) in [5.74, 6) is -0.0357. The number of carbonyl (C=O) groups excluding carboxylic acids is 1. The second-order valence-electron chi connectivity index (χ2n) is 6.65. The number of nitrogen functional groups attached to an aromatic ring is 1. The summed E-state index contributed by atoms with van der Waals surface area (Å²) in [7, 11) is 0. The molecule has 7 heteroatoms. The number of nitriles is 1. The molecule has 6 nitrogen and oxygen atoms in total. The Kier molecular flexibility index (Phi) is 6.59. The van der Waals surface area contributed by atoms with Crippen molar-refractivity contribution in [3.63, 3.8) is 0 Å². The highest BCUT2D eigenvalue weighted by atomic mass is 19.1. The van der Waals surface area contributed by atoms with Crippen LogP contribution in [0.1, 0.15) is 29.7 Å². The maximum absolute atomic E-state index is 12.9. The van der Waals surface area contributed by atoms with Crippen molar-refractivity contribution < 1.29 is 9.18 Å². The summed E-state index contributed by atoms with van der Waals surface area (Å²) in [6, 6.07) is 17.7. The molecule has 0 unspecified atom stereocenters. The fourth-order valence-corrected chi connectivity index (χ4v) is 3.02. The predicted octanol–water partition coefficient (Wildman–Crippen LogP) is 3.15. The number of carbonyl (C=O) groups is 1. The molecule has 0 atom stereocenters. The molecule has 3 N–H and O–H groups in total. The number of hydrogen-bond acceptors (Lipinski definition) is 4. The summed E-state index contributed by atoms with van der Waals surface area (Å²) in [5, 5.41) is 16.8. The van der Waals surface area contributed by atoms with E-state index in [1.54, 1.807) is 16.8 Å². The molecule has 29 heavy (non-hydrogen) atoms. The van der Waals surface area contributed by atoms with E-state index in [1.807, 2.05) is 30.3 Å². The average molecular weight is 391 g/mol. The first-order chi connectivity index (χ1) is 14.1. The molecule has 3 rings (SSSR count). The maximum atomic E-state index is 12.9. The zero-order chi connectivity index (χ0) is 20.6. The Balaban J connectivity index is 1.49. The maximum Gasteiger partial charge on any atom is 0.220 e. The van der Waals surface area contributed by atoms with Crippen LogP contribution in [-0.2, 0) is 17.6 Å². The second-order valence-corrected chi connectivity index (χ2v) is 6.65. The number of para-hydroxylation sites is 1. The predicted molar refractivity (Wildman–Crippen MR) is 109 cm³/mol. The fraction of sp³-hybridized carbons (Fsp3) is 0.227. The molecule has 1 heterocycles. The van der Waals surface area contributed by atoms with E-state index in [9.17, 15) is 14.4 Å². The number of aromatic nitrogens is 2. The zero-order valence-corrected chi connectivity index (χ0v) is 15.9. The summed E-state index contributed by atoms with van der Waals surface area (Å²) in [5.41, 5.74) is 8.79. The molecule has 148 valence electrons. The van der Waals surface area contributed by atoms with Gasteiger partial charge in [-0.2, -0.15) is 10.4 Å². The Morgan fingerprint density at radius 1 is 1.14 bits per heavy atom. The monoisotopic (exact) mass is 391 g/mol. The third-order valence-electron chi connectivity index (χ3n) is 4.57. The second kappa shape index (κ2) is 9.51. The van der Waals surface area contributed by atoms with Crippen LogP contribution < -0.4 is 11.1 Å². The van der Waals surface area contributed by atoms with E-state index in [1.165, 1.54) is 12.1 Å². The van der Waals surface area contributed by atoms with Crippen molar-refractivity contribution in [2.75, 3.05) is 12.3 Å². The molecule has 0 aliphatic carbocycles. The molecule has 0 aliphatic heterocycles. The Morgan fingerprint density at radius 3 is 2.55 bits per heavy atom. The Labute approximate surface area is 168 Å². The SMILES string of the molecule is N#Cc1c(CCCNC(=O)CCc2ccc(F)cc2)nn(-c2ccccc2)c1N. The summed E-state index contributed by atoms with van der Waals surface area (Å²) in [6.45, 7) is 0.477. The van der Waals surface area contributed by atoms with E-state index in [4.69, 9.17) is 5.73 Å². The van der Waals surface area contributed by atoms with E-state index >= 15 is 0 Å². The highest BCUT2D eigenvalue weighted by Gasteiger charge is 2.16. The fourth-order valence-electron chi connectivity index (χ4n) is 3.02. The first kappa shape index (κ1) is 20.1. The van der Waals surface area contributed by atoms with Crippen molar-refractivity contribution in [2.45, 2.75) is 25.7 Å². The Bertz CT molecular complexity index is 1010. The van der Waals surface area contributed by atoms with Crippen molar-refractivity contribution in [3.8, 4) is 11.8 Å². The molecular weight excluding hydrogens is 369 g/mol. The zero-order valence-electron chi connectivity index (χ0n) is 15.9. The van der Waals surface area contributed by atoms with Gasteiger partial charge >= 0.3 is 0 Å². The molecule has 0 saturated heterocycles. The number of nitrogens with zero attached hydrogens (tertiary/aromatic N) is 3. The summed E-state index contributed by atoms with van der Waals surface area (Å²) >= 11 is 0. The molecule has 1 amide bonds. The van der Waals surface area contributed by atoms with Crippen LogP contribution >= 0.6 is 0 Å². The number of halogens is 1. The lowest BCUT2D eigenvalue weighted by atomic mass is 10.1. The van der Waals surface area contributed by atoms with E-state index in [-0.39, 0.29) is 11.7 Å². The standard InChI is InChI=1S/C22H22FN5O/c23-17-11-8-16(9-12-17)10-13-21(29)26-14-4-7-20-19(15-24)22(25)28(27-20)18-5-2-1-3-6-18/h1-3,5-6,8-9,11-12H,4,7,10,13-14,25H2,(H,26,29). The summed E-state index contributed by atoms with van der Waals surface area (Å²) in [6.07, 6.45) is 2.07. The number of rotatable bonds is 8. The highest BCUT2D eigenvalue weighted by Crippen LogP contribution is 2.21. The normalized spacial score (nSPS) is 10.5. The van der Waals surface area contributed by atoms with Crippen LogP contribution in [0.25, 0.3) is 5.69 Å². The van der Waals surface area contributed by atoms with Crippen LogP contribution in [0, 0.1) is 17.1 Å². The Morgan fingerprint density at radius 2 is 1.86 bits per heavy atom. The highest BCUT2D eigenvalue weighted by molar-refractivity contribution is 5.76. The van der Waals surface area contributed by atoms with Crippen LogP contribution in [0.2, 0.25) is 0 Å². The number of aryl methyl sites for hydroxylation is 2. The molecule has 3 aromatic rings. The van der Waals surface area contributed by atoms with Gasteiger partial charge in [-0.05, 0) is 49.1 Å². The average Bonchev–Trinajstić information content (AvgIpc) is 3.06. The summed E-state index contributed by atoms with van der Waals surface area (Å²) in [4.78, 5) is 12.0. The lowest BCUT2D eigenvalue weighted by Crippen LogP contribution is -2.25. The molecular formula is C22H22FN5O. The number of nitrogens with one attached hydrogen (secondary N) is 1. The van der Waals surface area contributed by atoms with Crippen molar-refractivity contribution in [1.82, 2.24) is 15.1 Å². The van der Waals surface area contributed by atoms with Gasteiger partial charge in [0.2, 0.25) is 5.91 Å². The molecule has 0 radical (unpaired) electrons. The van der Waals surface area contributed by atoms with Gasteiger partial charge < -0.3 is 11.1 Å². The molecule has 0 saturated carbocycles. The molecule has 0 spiro atoms. The third kappa shape index (κ3) is 5.20. The number of anilines is 1. The van der Waals surface area contributed by atoms with Gasteiger partial charge in [0.25, 0.3) is 0 Å². The van der Waals surface area contributed by atoms with Crippen molar-refractivity contribution in [1.29, 1.82) is 5.26 Å². The van der Waals surface area contributed by atoms with Gasteiger partial charge in [0.1, 0.15) is 23.3 Å². The van der Waals surface area contributed by atoms with E-state index < -0.39 is 0 Å². The topological polar surface area (TPSA) is 96.7 Å². The van der Waals surface area contributed by atoms with Crippen LogP contribution in [0.3, 0.4) is 0 Å². The van der Waals surface area contributed by atoms with Crippen molar-refractivity contribution in [2.24, 2.45) is 0 Å². The van der Waals surface area contributed by atoms with Crippen molar-refractivity contribution in [3.05, 3.63) is 77.2 Å². The third-order valence-corrected chi connectivity index (χ3v) is 4.57. The van der Waals surface area contributed by atoms with Gasteiger partial charge in [0, 0.05) is 13.0 Å². The van der Waals surface area contributed by atoms with E-state index in [0.29, 0.717) is 49.3 Å². The first-order valence-electron chi connectivity index (χ1n) is 9.42. The molecule has 1 aromatic heterocycles. The minimum absolute atomic E-state index is 0.0656. The number of benzene rings is 2. The quantitative estimate of drug-likeness (QED) is 0.577. The van der Waals surface area contributed by atoms with Crippen LogP contribution in [-0.4, -0.2) is 22.2 Å². The molecule has 0 fully saturated rings. The van der Waals surface area contributed by atoms with Crippen LogP contribution in [0.5, 0.6) is 0 Å². The molecule has 2 aromatic carbocycles. The van der Waals surface area contributed by atoms with Gasteiger partial charge in [-0.3, -0.25) is 4.79 Å². The number of nitrogens with two attached hydrogens (primary N) is 1. The van der Waals surface area contributed by atoms with Crippen LogP contribution in [0.15, 0.2) is 54.6 Å². The number of amides is 1. The molecule has 0 aliphatic rings. The van der Waals surface area contributed by atoms with E-state index in [0.717, 1.165) is 11.3 Å². The lowest BCUT2D eigenvalue weighted by molar-refractivity contribution is -0.121. The summed E-state index contributed by atoms with van der Waals surface area (Å²) < 4.78 is 14.5. The van der Waals surface area contributed by atoms with Crippen LogP contribution in [0.4, 0.5) is 10.2 Å². The van der Waals surface area contributed by atoms with Gasteiger partial charge in [-0.1, -0.05) is 30.3 Å². The van der Waals surface area contributed by atoms with Gasteiger partial charge in [0.15, 0.2) is 0 Å².